The molecule has 0 heterocycles. The minimum Gasteiger partial charge on any atom is -0.378 e. The van der Waals surface area contributed by atoms with Crippen molar-refractivity contribution in [1.82, 2.24) is 0 Å². The molecular formula is C115H204O9. The van der Waals surface area contributed by atoms with Gasteiger partial charge >= 0.3 is 0 Å². The average molecular weight is 1730 g/mol. The fourth-order valence-electron chi connectivity index (χ4n) is 35.4. The molecule has 0 radical (unpaired) electrons. The zero-order valence-electron chi connectivity index (χ0n) is 85.9. The van der Waals surface area contributed by atoms with Crippen molar-refractivity contribution in [2.45, 2.75) is 547 Å². The van der Waals surface area contributed by atoms with Crippen molar-refractivity contribution >= 4 is 0 Å². The molecule has 23 rings (SSSR count). The topological polar surface area (TPSA) is 83.1 Å². The van der Waals surface area contributed by atoms with Crippen LogP contribution in [0.2, 0.25) is 0 Å². The van der Waals surface area contributed by atoms with E-state index in [1.54, 1.807) is 0 Å². The summed E-state index contributed by atoms with van der Waals surface area (Å²) in [5, 5.41) is 0. The van der Waals surface area contributed by atoms with E-state index < -0.39 is 0 Å². The summed E-state index contributed by atoms with van der Waals surface area (Å²) >= 11 is 0. The van der Waals surface area contributed by atoms with Crippen LogP contribution in [0, 0.1) is 122 Å². The molecule has 718 valence electrons. The van der Waals surface area contributed by atoms with Gasteiger partial charge in [0.1, 0.15) is 0 Å². The predicted octanol–water partition coefficient (Wildman–Crippen LogP) is 31.6. The van der Waals surface area contributed by atoms with Crippen LogP contribution in [0.4, 0.5) is 0 Å². The van der Waals surface area contributed by atoms with E-state index in [4.69, 9.17) is 42.6 Å². The van der Waals surface area contributed by atoms with E-state index in [0.717, 1.165) is 95.0 Å². The second-order valence-electron chi connectivity index (χ2n) is 51.9. The quantitative estimate of drug-likeness (QED) is 0.133. The van der Waals surface area contributed by atoms with Gasteiger partial charge in [-0.15, -0.1) is 0 Å². The fourth-order valence-corrected chi connectivity index (χ4v) is 35.4. The maximum atomic E-state index is 6.28. The third-order valence-corrected chi connectivity index (χ3v) is 42.5. The van der Waals surface area contributed by atoms with E-state index >= 15 is 0 Å². The highest BCUT2D eigenvalue weighted by Gasteiger charge is 2.69. The number of ether oxygens (including phenoxy) is 9. The Morgan fingerprint density at radius 2 is 0.411 bits per heavy atom. The van der Waals surface area contributed by atoms with Crippen LogP contribution in [-0.4, -0.2) is 114 Å². The molecule has 9 nitrogen and oxygen atoms in total. The van der Waals surface area contributed by atoms with E-state index in [0.29, 0.717) is 142 Å². The van der Waals surface area contributed by atoms with Gasteiger partial charge in [0.05, 0.1) is 54.9 Å². The van der Waals surface area contributed by atoms with Crippen molar-refractivity contribution in [3.05, 3.63) is 0 Å². The van der Waals surface area contributed by atoms with Gasteiger partial charge in [-0.05, 0) is 448 Å². The highest BCUT2D eigenvalue weighted by molar-refractivity contribution is 5.19. The Labute approximate surface area is 766 Å². The van der Waals surface area contributed by atoms with Gasteiger partial charge in [-0.1, -0.05) is 167 Å². The van der Waals surface area contributed by atoms with E-state index in [1.165, 1.54) is 347 Å². The molecule has 0 aromatic rings. The van der Waals surface area contributed by atoms with Gasteiger partial charge in [-0.25, -0.2) is 0 Å². The largest absolute Gasteiger partial charge is 0.378 e. The number of fused-ring (bicyclic) bond motifs is 8. The third kappa shape index (κ3) is 19.7. The van der Waals surface area contributed by atoms with Gasteiger partial charge < -0.3 is 42.6 Å². The molecule has 0 N–H and O–H groups in total. The van der Waals surface area contributed by atoms with Crippen LogP contribution < -0.4 is 0 Å². The summed E-state index contributed by atoms with van der Waals surface area (Å²) in [6, 6.07) is 0. The van der Waals surface area contributed by atoms with Crippen molar-refractivity contribution in [3.63, 3.8) is 0 Å². The highest BCUT2D eigenvalue weighted by Crippen LogP contribution is 2.74. The lowest BCUT2D eigenvalue weighted by Crippen LogP contribution is -2.51. The molecule has 124 heavy (non-hydrogen) atoms. The molecule has 10 atom stereocenters. The van der Waals surface area contributed by atoms with Crippen LogP contribution in [-0.2, 0) is 42.6 Å². The van der Waals surface area contributed by atoms with Gasteiger partial charge in [-0.2, -0.15) is 0 Å². The van der Waals surface area contributed by atoms with Gasteiger partial charge in [0, 0.05) is 59.5 Å². The standard InChI is InChI=1S/C15H26O.C14H24O.C14H26O.C13H22O.C13H24O.2C12H22O.C11H18O.C11H20O/c1-2-16-13-14(7-3-4-8-14)11-12-15(13)9-5-6-10-15;1-4-15-13-11-8-12(14(13,2)3)10-7-5-6-9(10)11;1-4-15-12-13(2,3)10-11-14(12)8-6-5-7-9-14;1-2-14-11-12(5-3-6-12)9-10-13(11)7-4-8-13;1-4-14-11-12(2,3)9-10-13(11)7-5-6-8-13;1-4-13-11-9-5-7-10(8-6-9)12(11,2)3;1-4-13-10-11(2,3)8-9-12(10)6-5-7-12;1-2-12-9-10(3-4-10)7-8-11(9)5-6-11;1-4-12-9-10(2,3)5-6-11(9)7-8-11/h13H,2-12H2,1H3;9-13H,4-8H2,1-3H3;12H,4-11H2,1-3H3;11H,2-10H2,1H3;11H,4-10H2,1-3H3;9-11H,4-8H2,1-3H3;10H,4-9H2,1-3H3;9H,2-8H2,1H3;9H,4-8H2,1-3H3. The van der Waals surface area contributed by atoms with Crippen LogP contribution in [0.25, 0.3) is 0 Å². The lowest BCUT2D eigenvalue weighted by atomic mass is 9.56. The Balaban J connectivity index is 0.000000114. The summed E-state index contributed by atoms with van der Waals surface area (Å²) in [6.07, 6.45) is 82.9. The lowest BCUT2D eigenvalue weighted by molar-refractivity contribution is -0.139. The van der Waals surface area contributed by atoms with E-state index in [-0.39, 0.29) is 0 Å². The molecule has 0 saturated heterocycles. The molecule has 0 aromatic heterocycles. The van der Waals surface area contributed by atoms with Crippen molar-refractivity contribution < 1.29 is 42.6 Å². The Morgan fingerprint density at radius 1 is 0.185 bits per heavy atom. The summed E-state index contributed by atoms with van der Waals surface area (Å²) < 4.78 is 54.4. The SMILES string of the molecule is CCOC1C(C)(C)CCC12CC2.CCOC1C(C)(C)CCC12CCC2.CCOC1C(C)(C)CCC12CCCC2.CCOC1C(C)(C)CCC12CCCCC2.CCOC1C2(CC2)CCC12CC2.CCOC1C2(CCC2)CCC12CCC2.CCOC1C2(CCCC2)CCC12CCCC2.CCOC1C2CC(C3CCCC32)C1(C)C.CCOC1C2CCC(CC2)C1(C)C. The molecule has 0 amide bonds. The molecular weight excluding hydrogens is 1530 g/mol. The number of hydrogen-bond donors (Lipinski definition) is 0. The van der Waals surface area contributed by atoms with E-state index in [9.17, 15) is 0 Å². The van der Waals surface area contributed by atoms with Gasteiger partial charge in [0.2, 0.25) is 0 Å². The summed E-state index contributed by atoms with van der Waals surface area (Å²) in [7, 11) is 0. The number of hydrogen-bond acceptors (Lipinski definition) is 9. The predicted molar refractivity (Wildman–Crippen MR) is 516 cm³/mol. The van der Waals surface area contributed by atoms with Crippen LogP contribution in [0.1, 0.15) is 492 Å². The molecule has 0 aliphatic heterocycles. The molecule has 0 aromatic carbocycles. The fraction of sp³-hybridized carbons (Fsp3) is 1.00. The minimum atomic E-state index is 0.410. The van der Waals surface area contributed by atoms with Crippen molar-refractivity contribution in [2.75, 3.05) is 59.5 Å². The first kappa shape index (κ1) is 99.6. The van der Waals surface area contributed by atoms with Gasteiger partial charge in [0.15, 0.2) is 0 Å². The minimum absolute atomic E-state index is 0.410. The highest BCUT2D eigenvalue weighted by atomic mass is 16.5. The Kier molecular flexibility index (Phi) is 32.2. The third-order valence-electron chi connectivity index (χ3n) is 42.5. The van der Waals surface area contributed by atoms with Crippen molar-refractivity contribution in [1.29, 1.82) is 0 Å². The van der Waals surface area contributed by atoms with Gasteiger partial charge in [0.25, 0.3) is 0 Å². The second-order valence-corrected chi connectivity index (χ2v) is 51.9. The first-order chi connectivity index (χ1) is 59.2. The van der Waals surface area contributed by atoms with Crippen molar-refractivity contribution in [2.24, 2.45) is 122 Å². The molecule has 10 unspecified atom stereocenters. The van der Waals surface area contributed by atoms with Gasteiger partial charge in [-0.3, -0.25) is 0 Å². The molecule has 4 bridgehead atoms. The van der Waals surface area contributed by atoms with Crippen LogP contribution >= 0.6 is 0 Å². The van der Waals surface area contributed by atoms with Crippen LogP contribution in [0.3, 0.4) is 0 Å². The summed E-state index contributed by atoms with van der Waals surface area (Å²) in [5.41, 5.74) is 8.82. The zero-order valence-corrected chi connectivity index (χ0v) is 85.9. The zero-order chi connectivity index (χ0) is 88.6. The first-order valence-electron chi connectivity index (χ1n) is 55.7. The molecule has 23 fully saturated rings. The Morgan fingerprint density at radius 3 is 0.677 bits per heavy atom. The lowest BCUT2D eigenvalue weighted by Gasteiger charge is -2.53. The Bertz CT molecular complexity index is 3130. The van der Waals surface area contributed by atoms with Crippen LogP contribution in [0.15, 0.2) is 0 Å². The monoisotopic (exact) mass is 1730 g/mol. The summed E-state index contributed by atoms with van der Waals surface area (Å²) in [5.74, 6) is 5.74. The number of rotatable bonds is 18. The van der Waals surface area contributed by atoms with Crippen molar-refractivity contribution in [3.8, 4) is 0 Å². The van der Waals surface area contributed by atoms with E-state index in [1.807, 2.05) is 0 Å². The molecule has 10 spiro atoms. The maximum absolute atomic E-state index is 6.28. The smallest absolute Gasteiger partial charge is 0.0687 e. The van der Waals surface area contributed by atoms with Crippen LogP contribution in [0.5, 0.6) is 0 Å². The molecule has 23 aliphatic rings. The Hall–Kier alpha value is -0.360. The normalized spacial score (nSPS) is 36.8. The summed E-state index contributed by atoms with van der Waals surface area (Å²) in [4.78, 5) is 0. The molecule has 23 aliphatic carbocycles. The average Bonchev–Trinajstić information content (AvgIpc) is 1.56. The summed E-state index contributed by atoms with van der Waals surface area (Å²) in [6.45, 7) is 56.1. The molecule has 23 saturated carbocycles. The second kappa shape index (κ2) is 40.1. The molecule has 9 heteroatoms. The maximum Gasteiger partial charge on any atom is 0.0687 e. The van der Waals surface area contributed by atoms with E-state index in [2.05, 4.69) is 145 Å². The first-order valence-corrected chi connectivity index (χ1v) is 55.7.